The Kier molecular flexibility index (Phi) is 7.36. The number of hydrogen-bond acceptors (Lipinski definition) is 2. The number of ether oxygens (including phenoxy) is 1. The van der Waals surface area contributed by atoms with Gasteiger partial charge >= 0.3 is 0 Å². The van der Waals surface area contributed by atoms with Crippen molar-refractivity contribution in [2.45, 2.75) is 52.0 Å². The number of benzene rings is 1. The second-order valence-corrected chi connectivity index (χ2v) is 5.65. The normalized spacial score (nSPS) is 12.4. The van der Waals surface area contributed by atoms with Gasteiger partial charge in [-0.1, -0.05) is 48.5 Å². The summed E-state index contributed by atoms with van der Waals surface area (Å²) in [5, 5.41) is 0. The first-order valence-electron chi connectivity index (χ1n) is 6.83. The van der Waals surface area contributed by atoms with E-state index in [2.05, 4.69) is 22.9 Å². The Labute approximate surface area is 119 Å². The van der Waals surface area contributed by atoms with E-state index in [0.717, 1.165) is 28.8 Å². The van der Waals surface area contributed by atoms with E-state index >= 15 is 0 Å². The van der Waals surface area contributed by atoms with Crippen LogP contribution in [0.15, 0.2) is 22.7 Å². The largest absolute Gasteiger partial charge is 0.493 e. The average molecular weight is 314 g/mol. The molecule has 18 heavy (non-hydrogen) atoms. The summed E-state index contributed by atoms with van der Waals surface area (Å²) in [5.74, 6) is 0.920. The molecule has 0 aliphatic carbocycles. The number of hydrogen-bond donors (Lipinski definition) is 1. The van der Waals surface area contributed by atoms with Gasteiger partial charge in [0, 0.05) is 16.1 Å². The first-order chi connectivity index (χ1) is 8.65. The maximum Gasteiger partial charge on any atom is 0.124 e. The highest BCUT2D eigenvalue weighted by Crippen LogP contribution is 2.27. The standard InChI is InChI=1S/C15H24BrNO/c1-3-4-5-6-7-10-18-15-9-8-13(16)11-14(15)12(2)17/h8-9,11-12H,3-7,10,17H2,1-2H3/t12-/m1/s1. The van der Waals surface area contributed by atoms with E-state index in [1.165, 1.54) is 25.7 Å². The molecule has 1 atom stereocenters. The zero-order valence-corrected chi connectivity index (χ0v) is 13.0. The fraction of sp³-hybridized carbons (Fsp3) is 0.600. The van der Waals surface area contributed by atoms with Crippen LogP contribution in [0.2, 0.25) is 0 Å². The summed E-state index contributed by atoms with van der Waals surface area (Å²) < 4.78 is 6.88. The third-order valence-corrected chi connectivity index (χ3v) is 3.46. The molecule has 1 rings (SSSR count). The molecule has 1 aromatic rings. The molecule has 0 saturated carbocycles. The van der Waals surface area contributed by atoms with Crippen LogP contribution in [0.1, 0.15) is 57.6 Å². The lowest BCUT2D eigenvalue weighted by atomic mass is 10.1. The van der Waals surface area contributed by atoms with Crippen LogP contribution in [0.4, 0.5) is 0 Å². The molecule has 102 valence electrons. The van der Waals surface area contributed by atoms with Crippen LogP contribution in [0.25, 0.3) is 0 Å². The second kappa shape index (κ2) is 8.54. The molecule has 0 saturated heterocycles. The molecule has 0 bridgehead atoms. The predicted molar refractivity (Wildman–Crippen MR) is 81.0 cm³/mol. The zero-order chi connectivity index (χ0) is 13.4. The zero-order valence-electron chi connectivity index (χ0n) is 11.4. The molecule has 0 radical (unpaired) electrons. The fourth-order valence-electron chi connectivity index (χ4n) is 1.89. The first kappa shape index (κ1) is 15.5. The first-order valence-corrected chi connectivity index (χ1v) is 7.62. The number of unbranched alkanes of at least 4 members (excludes halogenated alkanes) is 4. The molecule has 0 aliphatic heterocycles. The summed E-state index contributed by atoms with van der Waals surface area (Å²) >= 11 is 3.46. The van der Waals surface area contributed by atoms with Gasteiger partial charge in [0.15, 0.2) is 0 Å². The van der Waals surface area contributed by atoms with Crippen molar-refractivity contribution in [3.05, 3.63) is 28.2 Å². The van der Waals surface area contributed by atoms with Gasteiger partial charge in [0.05, 0.1) is 6.61 Å². The Bertz CT molecular complexity index is 352. The topological polar surface area (TPSA) is 35.2 Å². The van der Waals surface area contributed by atoms with E-state index in [4.69, 9.17) is 10.5 Å². The minimum atomic E-state index is -0.00223. The molecular weight excluding hydrogens is 290 g/mol. The third-order valence-electron chi connectivity index (χ3n) is 2.97. The SMILES string of the molecule is CCCCCCCOc1ccc(Br)cc1[C@@H](C)N. The van der Waals surface area contributed by atoms with Crippen molar-refractivity contribution in [3.8, 4) is 5.75 Å². The Morgan fingerprint density at radius 1 is 1.22 bits per heavy atom. The molecule has 3 heteroatoms. The van der Waals surface area contributed by atoms with Crippen LogP contribution in [-0.4, -0.2) is 6.61 Å². The summed E-state index contributed by atoms with van der Waals surface area (Å²) in [5.41, 5.74) is 7.02. The van der Waals surface area contributed by atoms with Gasteiger partial charge in [-0.3, -0.25) is 0 Å². The molecule has 0 unspecified atom stereocenters. The van der Waals surface area contributed by atoms with Crippen molar-refractivity contribution in [1.29, 1.82) is 0 Å². The van der Waals surface area contributed by atoms with Gasteiger partial charge in [-0.25, -0.2) is 0 Å². The molecule has 0 spiro atoms. The molecule has 1 aromatic carbocycles. The van der Waals surface area contributed by atoms with E-state index in [1.807, 2.05) is 25.1 Å². The molecule has 0 amide bonds. The number of halogens is 1. The molecule has 0 aliphatic rings. The highest BCUT2D eigenvalue weighted by atomic mass is 79.9. The van der Waals surface area contributed by atoms with Gasteiger partial charge in [0.2, 0.25) is 0 Å². The highest BCUT2D eigenvalue weighted by molar-refractivity contribution is 9.10. The van der Waals surface area contributed by atoms with E-state index in [1.54, 1.807) is 0 Å². The third kappa shape index (κ3) is 5.40. The van der Waals surface area contributed by atoms with Crippen LogP contribution in [-0.2, 0) is 0 Å². The number of rotatable bonds is 8. The quantitative estimate of drug-likeness (QED) is 0.698. The van der Waals surface area contributed by atoms with Gasteiger partial charge < -0.3 is 10.5 Å². The smallest absolute Gasteiger partial charge is 0.124 e. The van der Waals surface area contributed by atoms with Crippen LogP contribution in [0.3, 0.4) is 0 Å². The Balaban J connectivity index is 2.42. The van der Waals surface area contributed by atoms with E-state index in [9.17, 15) is 0 Å². The van der Waals surface area contributed by atoms with Crippen LogP contribution >= 0.6 is 15.9 Å². The predicted octanol–water partition coefficient (Wildman–Crippen LogP) is 4.82. The molecule has 2 N–H and O–H groups in total. The van der Waals surface area contributed by atoms with E-state index in [-0.39, 0.29) is 6.04 Å². The van der Waals surface area contributed by atoms with Gasteiger partial charge in [-0.15, -0.1) is 0 Å². The molecule has 2 nitrogen and oxygen atoms in total. The highest BCUT2D eigenvalue weighted by Gasteiger charge is 2.08. The minimum absolute atomic E-state index is 0.00223. The molecule has 0 heterocycles. The van der Waals surface area contributed by atoms with Crippen LogP contribution < -0.4 is 10.5 Å². The van der Waals surface area contributed by atoms with Crippen molar-refractivity contribution in [2.24, 2.45) is 5.73 Å². The maximum absolute atomic E-state index is 5.95. The Morgan fingerprint density at radius 3 is 2.61 bits per heavy atom. The van der Waals surface area contributed by atoms with E-state index in [0.29, 0.717) is 0 Å². The lowest BCUT2D eigenvalue weighted by Crippen LogP contribution is -2.08. The monoisotopic (exact) mass is 313 g/mol. The fourth-order valence-corrected chi connectivity index (χ4v) is 2.27. The van der Waals surface area contributed by atoms with Gasteiger partial charge in [0.1, 0.15) is 5.75 Å². The minimum Gasteiger partial charge on any atom is -0.493 e. The maximum atomic E-state index is 5.95. The van der Waals surface area contributed by atoms with Gasteiger partial charge in [0.25, 0.3) is 0 Å². The lowest BCUT2D eigenvalue weighted by molar-refractivity contribution is 0.300. The summed E-state index contributed by atoms with van der Waals surface area (Å²) in [4.78, 5) is 0. The molecule has 0 aromatic heterocycles. The van der Waals surface area contributed by atoms with Crippen molar-refractivity contribution in [1.82, 2.24) is 0 Å². The summed E-state index contributed by atoms with van der Waals surface area (Å²) in [6.45, 7) is 4.99. The van der Waals surface area contributed by atoms with Crippen molar-refractivity contribution >= 4 is 15.9 Å². The summed E-state index contributed by atoms with van der Waals surface area (Å²) in [6.07, 6.45) is 6.28. The molecule has 0 fully saturated rings. The van der Waals surface area contributed by atoms with Gasteiger partial charge in [-0.2, -0.15) is 0 Å². The van der Waals surface area contributed by atoms with Crippen LogP contribution in [0.5, 0.6) is 5.75 Å². The van der Waals surface area contributed by atoms with Gasteiger partial charge in [-0.05, 0) is 31.5 Å². The van der Waals surface area contributed by atoms with Crippen molar-refractivity contribution in [2.75, 3.05) is 6.61 Å². The molecular formula is C15H24BrNO. The van der Waals surface area contributed by atoms with Crippen LogP contribution in [0, 0.1) is 0 Å². The second-order valence-electron chi connectivity index (χ2n) is 4.73. The Hall–Kier alpha value is -0.540. The Morgan fingerprint density at radius 2 is 1.94 bits per heavy atom. The lowest BCUT2D eigenvalue weighted by Gasteiger charge is -2.14. The average Bonchev–Trinajstić information content (AvgIpc) is 2.35. The summed E-state index contributed by atoms with van der Waals surface area (Å²) in [6, 6.07) is 6.03. The summed E-state index contributed by atoms with van der Waals surface area (Å²) in [7, 11) is 0. The number of nitrogens with two attached hydrogens (primary N) is 1. The van der Waals surface area contributed by atoms with E-state index < -0.39 is 0 Å². The van der Waals surface area contributed by atoms with Crippen molar-refractivity contribution < 1.29 is 4.74 Å². The van der Waals surface area contributed by atoms with Crippen molar-refractivity contribution in [3.63, 3.8) is 0 Å².